The fraction of sp³-hybridized carbons (Fsp3) is 0.133. The van der Waals surface area contributed by atoms with Gasteiger partial charge < -0.3 is 10.6 Å². The smallest absolute Gasteiger partial charge is 0.243 e. The number of para-hydroxylation sites is 1. The lowest BCUT2D eigenvalue weighted by Gasteiger charge is -2.12. The maximum atomic E-state index is 11.9. The van der Waals surface area contributed by atoms with Gasteiger partial charge in [0.25, 0.3) is 0 Å². The fourth-order valence-corrected chi connectivity index (χ4v) is 2.16. The van der Waals surface area contributed by atoms with E-state index in [1.165, 1.54) is 0 Å². The lowest BCUT2D eigenvalue weighted by atomic mass is 10.2. The Balaban J connectivity index is 2.00. The van der Waals surface area contributed by atoms with Gasteiger partial charge in [-0.25, -0.2) is 0 Å². The van der Waals surface area contributed by atoms with Crippen molar-refractivity contribution in [2.75, 3.05) is 17.2 Å². The predicted octanol–water partition coefficient (Wildman–Crippen LogP) is 4.35. The first-order valence-corrected chi connectivity index (χ1v) is 6.87. The Labute approximate surface area is 127 Å². The van der Waals surface area contributed by atoms with E-state index in [4.69, 9.17) is 23.2 Å². The van der Waals surface area contributed by atoms with Crippen molar-refractivity contribution in [1.82, 2.24) is 0 Å². The molecule has 0 heterocycles. The van der Waals surface area contributed by atoms with Crippen LogP contribution in [0, 0.1) is 6.92 Å². The van der Waals surface area contributed by atoms with Gasteiger partial charge in [-0.15, -0.1) is 0 Å². The van der Waals surface area contributed by atoms with Gasteiger partial charge in [0.05, 0.1) is 22.3 Å². The predicted molar refractivity (Wildman–Crippen MR) is 84.8 cm³/mol. The third-order valence-electron chi connectivity index (χ3n) is 2.78. The third-order valence-corrected chi connectivity index (χ3v) is 3.58. The molecule has 0 aliphatic carbocycles. The average molecular weight is 309 g/mol. The molecule has 1 amide bonds. The Morgan fingerprint density at radius 3 is 2.50 bits per heavy atom. The number of amides is 1. The van der Waals surface area contributed by atoms with Gasteiger partial charge in [-0.2, -0.15) is 0 Å². The fourth-order valence-electron chi connectivity index (χ4n) is 1.69. The Morgan fingerprint density at radius 1 is 1.10 bits per heavy atom. The van der Waals surface area contributed by atoms with Crippen molar-refractivity contribution >= 4 is 40.5 Å². The summed E-state index contributed by atoms with van der Waals surface area (Å²) in [6, 6.07) is 13.0. The molecule has 0 aliphatic rings. The number of rotatable bonds is 4. The molecule has 0 radical (unpaired) electrons. The molecule has 0 bridgehead atoms. The number of hydrogen-bond acceptors (Lipinski definition) is 2. The van der Waals surface area contributed by atoms with Crippen LogP contribution >= 0.6 is 23.2 Å². The molecule has 0 aromatic heterocycles. The second kappa shape index (κ2) is 6.64. The van der Waals surface area contributed by atoms with Gasteiger partial charge in [-0.05, 0) is 30.7 Å². The number of anilines is 2. The Kier molecular flexibility index (Phi) is 4.88. The van der Waals surface area contributed by atoms with E-state index < -0.39 is 0 Å². The first-order chi connectivity index (χ1) is 9.58. The van der Waals surface area contributed by atoms with E-state index in [2.05, 4.69) is 10.6 Å². The van der Waals surface area contributed by atoms with E-state index in [9.17, 15) is 4.79 Å². The number of carbonyl (C=O) groups is 1. The van der Waals surface area contributed by atoms with Crippen molar-refractivity contribution < 1.29 is 4.79 Å². The van der Waals surface area contributed by atoms with E-state index in [-0.39, 0.29) is 12.5 Å². The highest BCUT2D eigenvalue weighted by Gasteiger charge is 2.11. The summed E-state index contributed by atoms with van der Waals surface area (Å²) in [5.74, 6) is -0.205. The van der Waals surface area contributed by atoms with E-state index in [1.54, 1.807) is 6.07 Å². The normalized spacial score (nSPS) is 10.2. The number of carbonyl (C=O) groups excluding carboxylic acids is 1. The second-order valence-corrected chi connectivity index (χ2v) is 5.11. The van der Waals surface area contributed by atoms with Crippen molar-refractivity contribution in [3.63, 3.8) is 0 Å². The molecule has 2 aromatic carbocycles. The standard InChI is InChI=1S/C15H14Cl2N2O/c1-10-7-8-12(16)15(14(10)17)19-13(20)9-18-11-5-3-2-4-6-11/h2-8,18H,9H2,1H3,(H,19,20). The van der Waals surface area contributed by atoms with Crippen LogP contribution in [0.5, 0.6) is 0 Å². The van der Waals surface area contributed by atoms with Crippen LogP contribution in [0.15, 0.2) is 42.5 Å². The molecular weight excluding hydrogens is 295 g/mol. The maximum absolute atomic E-state index is 11.9. The zero-order valence-electron chi connectivity index (χ0n) is 10.9. The minimum atomic E-state index is -0.205. The largest absolute Gasteiger partial charge is 0.376 e. The van der Waals surface area contributed by atoms with E-state index in [0.29, 0.717) is 15.7 Å². The van der Waals surface area contributed by atoms with Crippen LogP contribution in [-0.4, -0.2) is 12.5 Å². The zero-order valence-corrected chi connectivity index (χ0v) is 12.4. The topological polar surface area (TPSA) is 41.1 Å². The molecule has 2 N–H and O–H groups in total. The highest BCUT2D eigenvalue weighted by Crippen LogP contribution is 2.32. The van der Waals surface area contributed by atoms with Crippen LogP contribution in [0.3, 0.4) is 0 Å². The lowest BCUT2D eigenvalue weighted by molar-refractivity contribution is -0.114. The van der Waals surface area contributed by atoms with Crippen molar-refractivity contribution in [3.8, 4) is 0 Å². The van der Waals surface area contributed by atoms with Gasteiger partial charge in [-0.1, -0.05) is 47.5 Å². The molecule has 0 saturated carbocycles. The Morgan fingerprint density at radius 2 is 1.80 bits per heavy atom. The summed E-state index contributed by atoms with van der Waals surface area (Å²) >= 11 is 12.2. The summed E-state index contributed by atoms with van der Waals surface area (Å²) in [4.78, 5) is 11.9. The van der Waals surface area contributed by atoms with E-state index in [1.807, 2.05) is 43.3 Å². The summed E-state index contributed by atoms with van der Waals surface area (Å²) in [5, 5.41) is 6.63. The molecular formula is C15H14Cl2N2O. The highest BCUT2D eigenvalue weighted by atomic mass is 35.5. The van der Waals surface area contributed by atoms with Crippen LogP contribution in [0.25, 0.3) is 0 Å². The minimum Gasteiger partial charge on any atom is -0.376 e. The molecule has 20 heavy (non-hydrogen) atoms. The third kappa shape index (κ3) is 3.65. The quantitative estimate of drug-likeness (QED) is 0.881. The summed E-state index contributed by atoms with van der Waals surface area (Å²) in [7, 11) is 0. The molecule has 0 unspecified atom stereocenters. The molecule has 2 rings (SSSR count). The number of hydrogen-bond donors (Lipinski definition) is 2. The van der Waals surface area contributed by atoms with Crippen LogP contribution < -0.4 is 10.6 Å². The summed E-state index contributed by atoms with van der Waals surface area (Å²) in [6.45, 7) is 2.00. The average Bonchev–Trinajstić information content (AvgIpc) is 2.46. The van der Waals surface area contributed by atoms with Gasteiger partial charge in [0.1, 0.15) is 0 Å². The van der Waals surface area contributed by atoms with Gasteiger partial charge in [0.2, 0.25) is 5.91 Å². The van der Waals surface area contributed by atoms with Crippen LogP contribution in [0.2, 0.25) is 10.0 Å². The molecule has 0 spiro atoms. The minimum absolute atomic E-state index is 0.143. The van der Waals surface area contributed by atoms with Crippen molar-refractivity contribution in [2.24, 2.45) is 0 Å². The summed E-state index contributed by atoms with van der Waals surface area (Å²) < 4.78 is 0. The van der Waals surface area contributed by atoms with Gasteiger partial charge >= 0.3 is 0 Å². The molecule has 2 aromatic rings. The molecule has 0 saturated heterocycles. The molecule has 104 valence electrons. The van der Waals surface area contributed by atoms with Gasteiger partial charge in [0.15, 0.2) is 0 Å². The second-order valence-electron chi connectivity index (χ2n) is 4.32. The highest BCUT2D eigenvalue weighted by molar-refractivity contribution is 6.40. The summed E-state index contributed by atoms with van der Waals surface area (Å²) in [5.41, 5.74) is 2.19. The van der Waals surface area contributed by atoms with Crippen LogP contribution in [-0.2, 0) is 4.79 Å². The van der Waals surface area contributed by atoms with E-state index in [0.717, 1.165) is 11.3 Å². The monoisotopic (exact) mass is 308 g/mol. The van der Waals surface area contributed by atoms with Crippen molar-refractivity contribution in [2.45, 2.75) is 6.92 Å². The van der Waals surface area contributed by atoms with Gasteiger partial charge in [-0.3, -0.25) is 4.79 Å². The first kappa shape index (κ1) is 14.7. The molecule has 0 fully saturated rings. The number of aryl methyl sites for hydroxylation is 1. The number of nitrogens with one attached hydrogen (secondary N) is 2. The maximum Gasteiger partial charge on any atom is 0.243 e. The molecule has 0 aliphatic heterocycles. The Hall–Kier alpha value is -1.71. The van der Waals surface area contributed by atoms with Crippen molar-refractivity contribution in [3.05, 3.63) is 58.1 Å². The number of benzene rings is 2. The Bertz CT molecular complexity index is 615. The van der Waals surface area contributed by atoms with Gasteiger partial charge in [0, 0.05) is 5.69 Å². The molecule has 0 atom stereocenters. The summed E-state index contributed by atoms with van der Waals surface area (Å²) in [6.07, 6.45) is 0. The zero-order chi connectivity index (χ0) is 14.5. The molecule has 3 nitrogen and oxygen atoms in total. The first-order valence-electron chi connectivity index (χ1n) is 6.11. The lowest BCUT2D eigenvalue weighted by Crippen LogP contribution is -2.22. The SMILES string of the molecule is Cc1ccc(Cl)c(NC(=O)CNc2ccccc2)c1Cl. The van der Waals surface area contributed by atoms with Crippen LogP contribution in [0.4, 0.5) is 11.4 Å². The van der Waals surface area contributed by atoms with Crippen molar-refractivity contribution in [1.29, 1.82) is 0 Å². The van der Waals surface area contributed by atoms with E-state index >= 15 is 0 Å². The molecule has 5 heteroatoms. The number of halogens is 2. The van der Waals surface area contributed by atoms with Crippen LogP contribution in [0.1, 0.15) is 5.56 Å².